The van der Waals surface area contributed by atoms with Crippen LogP contribution in [-0.4, -0.2) is 86.4 Å². The molecule has 13 nitrogen and oxygen atoms in total. The molecular formula is C25H36N4O9. The molecule has 13 heteroatoms. The van der Waals surface area contributed by atoms with E-state index < -0.39 is 78.6 Å². The standard InChI is InChI=1S/C25H36N4O9/c1-13(2)21(28-22(35)19(26)11-16-5-7-18(32)8-6-16)23(36)27-14(3)24(37)29(25(38)15(4)31)17(9-10-30)12-20(33)34/h5-8,10,13-15,17,19,21,31-32H,9,11-12,26H2,1-4H3,(H,27,36)(H,28,35)(H,33,34)/t14-,15-,17+,19-,21-/m0/s1. The summed E-state index contributed by atoms with van der Waals surface area (Å²) in [4.78, 5) is 74.2. The minimum absolute atomic E-state index is 0.0566. The lowest BCUT2D eigenvalue weighted by Crippen LogP contribution is -2.59. The average molecular weight is 537 g/mol. The molecule has 0 aliphatic heterocycles. The van der Waals surface area contributed by atoms with Gasteiger partial charge in [-0.25, -0.2) is 0 Å². The number of aromatic hydroxyl groups is 1. The number of nitrogens with zero attached hydrogens (tertiary/aromatic N) is 1. The predicted octanol–water partition coefficient (Wildman–Crippen LogP) is -0.924. The fourth-order valence-electron chi connectivity index (χ4n) is 3.61. The summed E-state index contributed by atoms with van der Waals surface area (Å²) in [5.74, 6) is -5.32. The van der Waals surface area contributed by atoms with Gasteiger partial charge in [-0.3, -0.25) is 28.9 Å². The van der Waals surface area contributed by atoms with Gasteiger partial charge in [0.05, 0.1) is 18.5 Å². The van der Waals surface area contributed by atoms with Crippen LogP contribution in [0.3, 0.4) is 0 Å². The van der Waals surface area contributed by atoms with Crippen LogP contribution in [0.4, 0.5) is 0 Å². The minimum atomic E-state index is -1.68. The molecule has 7 N–H and O–H groups in total. The first-order valence-corrected chi connectivity index (χ1v) is 12.0. The average Bonchev–Trinajstić information content (AvgIpc) is 2.82. The first-order valence-electron chi connectivity index (χ1n) is 12.0. The number of benzene rings is 1. The molecule has 0 bridgehead atoms. The molecule has 210 valence electrons. The Kier molecular flexibility index (Phi) is 12.5. The van der Waals surface area contributed by atoms with Crippen molar-refractivity contribution in [3.05, 3.63) is 29.8 Å². The summed E-state index contributed by atoms with van der Waals surface area (Å²) in [5.41, 5.74) is 6.67. The number of nitrogens with two attached hydrogens (primary N) is 1. The van der Waals surface area contributed by atoms with Crippen molar-refractivity contribution in [3.63, 3.8) is 0 Å². The Bertz CT molecular complexity index is 1010. The molecule has 38 heavy (non-hydrogen) atoms. The Hall–Kier alpha value is -3.84. The van der Waals surface area contributed by atoms with Gasteiger partial charge < -0.3 is 36.5 Å². The summed E-state index contributed by atoms with van der Waals surface area (Å²) in [5, 5.41) is 33.2. The molecule has 0 aliphatic rings. The number of hydrogen-bond donors (Lipinski definition) is 6. The molecule has 0 fully saturated rings. The van der Waals surface area contributed by atoms with E-state index in [1.165, 1.54) is 19.1 Å². The molecule has 1 aromatic rings. The van der Waals surface area contributed by atoms with Crippen molar-refractivity contribution in [2.24, 2.45) is 11.7 Å². The van der Waals surface area contributed by atoms with Crippen molar-refractivity contribution in [2.45, 2.75) is 77.2 Å². The molecular weight excluding hydrogens is 500 g/mol. The maximum absolute atomic E-state index is 13.1. The van der Waals surface area contributed by atoms with E-state index in [4.69, 9.17) is 10.8 Å². The lowest BCUT2D eigenvalue weighted by atomic mass is 10.0. The molecule has 0 heterocycles. The Morgan fingerprint density at radius 2 is 1.55 bits per heavy atom. The van der Waals surface area contributed by atoms with Gasteiger partial charge in [-0.2, -0.15) is 0 Å². The number of carbonyl (C=O) groups excluding carboxylic acids is 5. The Balaban J connectivity index is 3.02. The van der Waals surface area contributed by atoms with Crippen molar-refractivity contribution >= 4 is 35.9 Å². The topological polar surface area (TPSA) is 216 Å². The third-order valence-corrected chi connectivity index (χ3v) is 5.68. The van der Waals surface area contributed by atoms with Crippen LogP contribution in [0.2, 0.25) is 0 Å². The quantitative estimate of drug-likeness (QED) is 0.161. The molecule has 0 radical (unpaired) electrons. The van der Waals surface area contributed by atoms with Gasteiger partial charge in [-0.1, -0.05) is 26.0 Å². The Labute approximate surface area is 220 Å². The number of phenols is 1. The molecule has 0 aromatic heterocycles. The zero-order valence-electron chi connectivity index (χ0n) is 21.8. The van der Waals surface area contributed by atoms with Crippen molar-refractivity contribution in [2.75, 3.05) is 0 Å². The maximum Gasteiger partial charge on any atom is 0.305 e. The lowest BCUT2D eigenvalue weighted by molar-refractivity contribution is -0.156. The van der Waals surface area contributed by atoms with Gasteiger partial charge >= 0.3 is 5.97 Å². The molecule has 0 unspecified atom stereocenters. The molecule has 0 spiro atoms. The summed E-state index contributed by atoms with van der Waals surface area (Å²) in [6.07, 6.45) is -2.43. The maximum atomic E-state index is 13.1. The van der Waals surface area contributed by atoms with E-state index in [0.29, 0.717) is 16.7 Å². The minimum Gasteiger partial charge on any atom is -0.508 e. The number of hydrogen-bond acceptors (Lipinski definition) is 9. The zero-order chi connectivity index (χ0) is 29.2. The van der Waals surface area contributed by atoms with Gasteiger partial charge in [0, 0.05) is 6.42 Å². The number of phenolic OH excluding ortho intramolecular Hbond substituents is 1. The molecule has 1 rings (SSSR count). The van der Waals surface area contributed by atoms with Crippen LogP contribution in [0.5, 0.6) is 5.75 Å². The highest BCUT2D eigenvalue weighted by Gasteiger charge is 2.37. The number of carboxylic acid groups (broad SMARTS) is 1. The number of aliphatic hydroxyl groups excluding tert-OH is 1. The number of aliphatic carboxylic acids is 1. The van der Waals surface area contributed by atoms with Gasteiger partial charge in [0.2, 0.25) is 11.8 Å². The highest BCUT2D eigenvalue weighted by Crippen LogP contribution is 2.14. The van der Waals surface area contributed by atoms with Crippen LogP contribution in [0.1, 0.15) is 46.1 Å². The van der Waals surface area contributed by atoms with Crippen LogP contribution in [0.15, 0.2) is 24.3 Å². The molecule has 0 aliphatic carbocycles. The van der Waals surface area contributed by atoms with Gasteiger partial charge in [-0.05, 0) is 43.9 Å². The first-order chi connectivity index (χ1) is 17.7. The zero-order valence-corrected chi connectivity index (χ0v) is 21.8. The van der Waals surface area contributed by atoms with E-state index in [0.717, 1.165) is 6.92 Å². The van der Waals surface area contributed by atoms with E-state index >= 15 is 0 Å². The van der Waals surface area contributed by atoms with Gasteiger partial charge in [-0.15, -0.1) is 0 Å². The molecule has 0 saturated carbocycles. The highest BCUT2D eigenvalue weighted by atomic mass is 16.4. The van der Waals surface area contributed by atoms with Crippen LogP contribution >= 0.6 is 0 Å². The molecule has 4 amide bonds. The number of carboxylic acids is 1. The monoisotopic (exact) mass is 536 g/mol. The Morgan fingerprint density at radius 3 is 2.03 bits per heavy atom. The van der Waals surface area contributed by atoms with Crippen molar-refractivity contribution < 1.29 is 44.1 Å². The summed E-state index contributed by atoms with van der Waals surface area (Å²) < 4.78 is 0. The number of aliphatic hydroxyl groups is 1. The largest absolute Gasteiger partial charge is 0.508 e. The van der Waals surface area contributed by atoms with Crippen molar-refractivity contribution in [1.82, 2.24) is 15.5 Å². The smallest absolute Gasteiger partial charge is 0.305 e. The number of nitrogens with one attached hydrogen (secondary N) is 2. The molecule has 1 aromatic carbocycles. The fourth-order valence-corrected chi connectivity index (χ4v) is 3.61. The SMILES string of the molecule is CC(C)[C@H](NC(=O)[C@@H](N)Cc1ccc(O)cc1)C(=O)N[C@@H](C)C(=O)N(C(=O)[C@H](C)O)[C@H](CC=O)CC(=O)O. The normalized spacial score (nSPS) is 14.9. The van der Waals surface area contributed by atoms with Crippen LogP contribution in [0.25, 0.3) is 0 Å². The summed E-state index contributed by atoms with van der Waals surface area (Å²) in [7, 11) is 0. The lowest BCUT2D eigenvalue weighted by Gasteiger charge is -2.32. The van der Waals surface area contributed by atoms with Gasteiger partial charge in [0.1, 0.15) is 30.2 Å². The third kappa shape index (κ3) is 9.56. The third-order valence-electron chi connectivity index (χ3n) is 5.68. The van der Waals surface area contributed by atoms with Crippen LogP contribution in [-0.2, 0) is 35.2 Å². The van der Waals surface area contributed by atoms with Gasteiger partial charge in [0.25, 0.3) is 11.8 Å². The van der Waals surface area contributed by atoms with E-state index in [1.54, 1.807) is 26.0 Å². The second kappa shape index (κ2) is 14.8. The number of aldehydes is 1. The number of amides is 4. The predicted molar refractivity (Wildman–Crippen MR) is 134 cm³/mol. The second-order valence-corrected chi connectivity index (χ2v) is 9.31. The fraction of sp³-hybridized carbons (Fsp3) is 0.520. The van der Waals surface area contributed by atoms with Crippen LogP contribution in [0, 0.1) is 5.92 Å². The van der Waals surface area contributed by atoms with Crippen LogP contribution < -0.4 is 16.4 Å². The van der Waals surface area contributed by atoms with E-state index in [2.05, 4.69) is 10.6 Å². The second-order valence-electron chi connectivity index (χ2n) is 9.31. The first kappa shape index (κ1) is 32.2. The number of rotatable bonds is 14. The van der Waals surface area contributed by atoms with Crippen molar-refractivity contribution in [1.29, 1.82) is 0 Å². The number of carbonyl (C=O) groups is 6. The molecule has 0 saturated heterocycles. The summed E-state index contributed by atoms with van der Waals surface area (Å²) in [6.45, 7) is 5.63. The molecule has 5 atom stereocenters. The van der Waals surface area contributed by atoms with Crippen molar-refractivity contribution in [3.8, 4) is 5.75 Å². The number of imide groups is 1. The summed E-state index contributed by atoms with van der Waals surface area (Å²) >= 11 is 0. The summed E-state index contributed by atoms with van der Waals surface area (Å²) in [6, 6.07) is 1.21. The van der Waals surface area contributed by atoms with E-state index in [-0.39, 0.29) is 12.2 Å². The van der Waals surface area contributed by atoms with E-state index in [9.17, 15) is 39.0 Å². The van der Waals surface area contributed by atoms with Gasteiger partial charge in [0.15, 0.2) is 0 Å². The Morgan fingerprint density at radius 1 is 0.974 bits per heavy atom. The van der Waals surface area contributed by atoms with E-state index in [1.807, 2.05) is 0 Å². The highest BCUT2D eigenvalue weighted by molar-refractivity contribution is 6.02.